The van der Waals surface area contributed by atoms with E-state index >= 15 is 0 Å². The highest BCUT2D eigenvalue weighted by Gasteiger charge is 2.14. The number of nitrogens with zero attached hydrogens (tertiary/aromatic N) is 1. The Morgan fingerprint density at radius 2 is 1.78 bits per heavy atom. The number of amides is 1. The maximum atomic E-state index is 11.7. The van der Waals surface area contributed by atoms with Gasteiger partial charge in [0.1, 0.15) is 6.29 Å². The summed E-state index contributed by atoms with van der Waals surface area (Å²) < 4.78 is 0. The van der Waals surface area contributed by atoms with Gasteiger partial charge in [0.2, 0.25) is 5.91 Å². The molecule has 4 nitrogen and oxygen atoms in total. The summed E-state index contributed by atoms with van der Waals surface area (Å²) in [5.74, 6) is 0.516. The van der Waals surface area contributed by atoms with Crippen molar-refractivity contribution < 1.29 is 14.7 Å². The fourth-order valence-electron chi connectivity index (χ4n) is 1.25. The SMILES string of the molecule is CC.CCCN(CC=O)C(=O)CC(C)CC.CO. The second-order valence-electron chi connectivity index (χ2n) is 3.72. The Balaban J connectivity index is -0.000000506. The topological polar surface area (TPSA) is 57.6 Å². The van der Waals surface area contributed by atoms with Crippen molar-refractivity contribution in [2.45, 2.75) is 53.9 Å². The molecule has 0 rings (SSSR count). The first-order valence-electron chi connectivity index (χ1n) is 6.81. The lowest BCUT2D eigenvalue weighted by Crippen LogP contribution is -2.34. The van der Waals surface area contributed by atoms with Crippen LogP contribution < -0.4 is 0 Å². The molecule has 1 atom stereocenters. The zero-order valence-corrected chi connectivity index (χ0v) is 12.9. The van der Waals surface area contributed by atoms with Crippen molar-refractivity contribution >= 4 is 12.2 Å². The summed E-state index contributed by atoms with van der Waals surface area (Å²) in [7, 11) is 1.00. The Bertz CT molecular complexity index is 184. The van der Waals surface area contributed by atoms with Gasteiger partial charge >= 0.3 is 0 Å². The number of carbonyl (C=O) groups excluding carboxylic acids is 2. The molecule has 0 fully saturated rings. The smallest absolute Gasteiger partial charge is 0.223 e. The second-order valence-corrected chi connectivity index (χ2v) is 3.72. The van der Waals surface area contributed by atoms with E-state index in [1.165, 1.54) is 0 Å². The van der Waals surface area contributed by atoms with Crippen molar-refractivity contribution in [3.05, 3.63) is 0 Å². The van der Waals surface area contributed by atoms with E-state index in [1.54, 1.807) is 4.90 Å². The Hall–Kier alpha value is -0.900. The highest BCUT2D eigenvalue weighted by atomic mass is 16.2. The quantitative estimate of drug-likeness (QED) is 0.716. The van der Waals surface area contributed by atoms with E-state index in [-0.39, 0.29) is 12.5 Å². The van der Waals surface area contributed by atoms with Crippen LogP contribution >= 0.6 is 0 Å². The third-order valence-corrected chi connectivity index (χ3v) is 2.36. The van der Waals surface area contributed by atoms with E-state index in [0.29, 0.717) is 18.9 Å². The number of carbonyl (C=O) groups is 2. The minimum atomic E-state index is 0.105. The first-order valence-corrected chi connectivity index (χ1v) is 6.81. The maximum Gasteiger partial charge on any atom is 0.223 e. The summed E-state index contributed by atoms with van der Waals surface area (Å²) >= 11 is 0. The van der Waals surface area contributed by atoms with E-state index in [0.717, 1.165) is 26.2 Å². The summed E-state index contributed by atoms with van der Waals surface area (Å²) in [6.45, 7) is 11.1. The molecular formula is C14H31NO3. The molecular weight excluding hydrogens is 230 g/mol. The molecule has 18 heavy (non-hydrogen) atoms. The number of hydrogen-bond acceptors (Lipinski definition) is 3. The van der Waals surface area contributed by atoms with Crippen LogP contribution in [0.5, 0.6) is 0 Å². The molecule has 0 aliphatic rings. The van der Waals surface area contributed by atoms with E-state index in [1.807, 2.05) is 20.8 Å². The summed E-state index contributed by atoms with van der Waals surface area (Å²) in [4.78, 5) is 23.7. The summed E-state index contributed by atoms with van der Waals surface area (Å²) in [6.07, 6.45) is 3.27. The maximum absolute atomic E-state index is 11.7. The number of hydrogen-bond donors (Lipinski definition) is 1. The Kier molecular flexibility index (Phi) is 22.9. The fraction of sp³-hybridized carbons (Fsp3) is 0.857. The van der Waals surface area contributed by atoms with Gasteiger partial charge in [-0.05, 0) is 12.3 Å². The first kappa shape index (κ1) is 22.3. The molecule has 0 aliphatic carbocycles. The molecule has 1 amide bonds. The standard InChI is InChI=1S/C11H21NO2.C2H6.CH4O/c1-4-6-12(7-8-13)11(14)9-10(3)5-2;2*1-2/h8,10H,4-7,9H2,1-3H3;1-2H3;2H,1H3. The van der Waals surface area contributed by atoms with Gasteiger partial charge in [-0.15, -0.1) is 0 Å². The summed E-state index contributed by atoms with van der Waals surface area (Å²) in [5.41, 5.74) is 0. The van der Waals surface area contributed by atoms with Crippen molar-refractivity contribution in [1.29, 1.82) is 0 Å². The molecule has 110 valence electrons. The number of rotatable bonds is 7. The van der Waals surface area contributed by atoms with Gasteiger partial charge < -0.3 is 14.8 Å². The van der Waals surface area contributed by atoms with Gasteiger partial charge in [0, 0.05) is 20.1 Å². The van der Waals surface area contributed by atoms with Crippen molar-refractivity contribution in [3.8, 4) is 0 Å². The summed E-state index contributed by atoms with van der Waals surface area (Å²) in [5, 5.41) is 7.00. The van der Waals surface area contributed by atoms with Crippen LogP contribution in [-0.2, 0) is 9.59 Å². The zero-order chi connectivity index (χ0) is 15.0. The third kappa shape index (κ3) is 13.2. The van der Waals surface area contributed by atoms with Gasteiger partial charge in [-0.25, -0.2) is 0 Å². The largest absolute Gasteiger partial charge is 0.400 e. The lowest BCUT2D eigenvalue weighted by atomic mass is 10.0. The molecule has 0 heterocycles. The van der Waals surface area contributed by atoms with Crippen molar-refractivity contribution in [1.82, 2.24) is 4.90 Å². The van der Waals surface area contributed by atoms with Gasteiger partial charge in [0.25, 0.3) is 0 Å². The normalized spacial score (nSPS) is 10.2. The Morgan fingerprint density at radius 1 is 1.28 bits per heavy atom. The Labute approximate surface area is 112 Å². The molecule has 0 saturated carbocycles. The van der Waals surface area contributed by atoms with Crippen LogP contribution in [0.25, 0.3) is 0 Å². The molecule has 0 saturated heterocycles. The molecule has 0 radical (unpaired) electrons. The Morgan fingerprint density at radius 3 is 2.11 bits per heavy atom. The van der Waals surface area contributed by atoms with Gasteiger partial charge in [0.05, 0.1) is 6.54 Å². The molecule has 0 aromatic carbocycles. The minimum absolute atomic E-state index is 0.105. The predicted molar refractivity (Wildman–Crippen MR) is 76.5 cm³/mol. The fourth-order valence-corrected chi connectivity index (χ4v) is 1.25. The van der Waals surface area contributed by atoms with E-state index in [4.69, 9.17) is 5.11 Å². The van der Waals surface area contributed by atoms with Crippen LogP contribution in [0.2, 0.25) is 0 Å². The lowest BCUT2D eigenvalue weighted by molar-refractivity contribution is -0.134. The highest BCUT2D eigenvalue weighted by Crippen LogP contribution is 2.09. The van der Waals surface area contributed by atoms with Gasteiger partial charge in [-0.3, -0.25) is 4.79 Å². The number of aliphatic hydroxyl groups excluding tert-OH is 1. The van der Waals surface area contributed by atoms with Gasteiger partial charge in [-0.2, -0.15) is 0 Å². The number of aldehydes is 1. The molecule has 4 heteroatoms. The number of aliphatic hydroxyl groups is 1. The predicted octanol–water partition coefficient (Wildman–Crippen LogP) is 2.49. The molecule has 1 unspecified atom stereocenters. The summed E-state index contributed by atoms with van der Waals surface area (Å²) in [6, 6.07) is 0. The zero-order valence-electron chi connectivity index (χ0n) is 12.9. The second kappa shape index (κ2) is 18.5. The average molecular weight is 261 g/mol. The van der Waals surface area contributed by atoms with Crippen LogP contribution in [0.3, 0.4) is 0 Å². The van der Waals surface area contributed by atoms with E-state index in [9.17, 15) is 9.59 Å². The molecule has 0 spiro atoms. The third-order valence-electron chi connectivity index (χ3n) is 2.36. The van der Waals surface area contributed by atoms with Gasteiger partial charge in [0.15, 0.2) is 0 Å². The monoisotopic (exact) mass is 261 g/mol. The molecule has 0 aromatic heterocycles. The van der Waals surface area contributed by atoms with E-state index in [2.05, 4.69) is 13.8 Å². The lowest BCUT2D eigenvalue weighted by Gasteiger charge is -2.20. The van der Waals surface area contributed by atoms with Crippen LogP contribution in [-0.4, -0.2) is 42.4 Å². The molecule has 0 aliphatic heterocycles. The van der Waals surface area contributed by atoms with Crippen LogP contribution in [0.4, 0.5) is 0 Å². The molecule has 0 aromatic rings. The minimum Gasteiger partial charge on any atom is -0.400 e. The van der Waals surface area contributed by atoms with Crippen LogP contribution in [0, 0.1) is 5.92 Å². The molecule has 1 N–H and O–H groups in total. The van der Waals surface area contributed by atoms with Gasteiger partial charge in [-0.1, -0.05) is 41.0 Å². The molecule has 0 bridgehead atoms. The van der Waals surface area contributed by atoms with Crippen molar-refractivity contribution in [2.75, 3.05) is 20.2 Å². The highest BCUT2D eigenvalue weighted by molar-refractivity contribution is 5.78. The van der Waals surface area contributed by atoms with Crippen LogP contribution in [0.1, 0.15) is 53.9 Å². The first-order chi connectivity index (χ1) is 8.65. The van der Waals surface area contributed by atoms with Crippen molar-refractivity contribution in [3.63, 3.8) is 0 Å². The van der Waals surface area contributed by atoms with Crippen LogP contribution in [0.15, 0.2) is 0 Å². The van der Waals surface area contributed by atoms with E-state index < -0.39 is 0 Å². The average Bonchev–Trinajstić information content (AvgIpc) is 2.42. The van der Waals surface area contributed by atoms with Crippen molar-refractivity contribution in [2.24, 2.45) is 5.92 Å².